The Bertz CT molecular complexity index is 416. The van der Waals surface area contributed by atoms with Gasteiger partial charge in [-0.15, -0.1) is 24.0 Å². The fourth-order valence-corrected chi connectivity index (χ4v) is 1.72. The predicted molar refractivity (Wildman–Crippen MR) is 95.7 cm³/mol. The van der Waals surface area contributed by atoms with E-state index in [1.807, 2.05) is 13.0 Å². The minimum atomic E-state index is -0.202. The van der Waals surface area contributed by atoms with Crippen molar-refractivity contribution in [2.45, 2.75) is 26.3 Å². The monoisotopic (exact) mass is 409 g/mol. The molecule has 0 fully saturated rings. The summed E-state index contributed by atoms with van der Waals surface area (Å²) in [6, 6.07) is 6.73. The van der Waals surface area contributed by atoms with Crippen LogP contribution in [0.5, 0.6) is 0 Å². The molecule has 1 rings (SSSR count). The number of ether oxygens (including phenoxy) is 1. The molecule has 0 heterocycles. The molecule has 0 radical (unpaired) electrons. The average molecular weight is 409 g/mol. The van der Waals surface area contributed by atoms with Gasteiger partial charge >= 0.3 is 0 Å². The van der Waals surface area contributed by atoms with Gasteiger partial charge in [0.1, 0.15) is 5.82 Å². The van der Waals surface area contributed by atoms with Crippen LogP contribution in [-0.2, 0) is 11.3 Å². The Kier molecular flexibility index (Phi) is 12.3. The molecule has 0 unspecified atom stereocenters. The first-order chi connectivity index (χ1) is 9.77. The highest BCUT2D eigenvalue weighted by Gasteiger charge is 2.02. The lowest BCUT2D eigenvalue weighted by Crippen LogP contribution is -2.37. The number of hydrogen-bond donors (Lipinski definition) is 2. The molecule has 0 aliphatic carbocycles. The third-order valence-electron chi connectivity index (χ3n) is 2.84. The number of benzene rings is 1. The second-order valence-corrected chi connectivity index (χ2v) is 4.35. The lowest BCUT2D eigenvalue weighted by atomic mass is 10.2. The minimum absolute atomic E-state index is 0. The number of rotatable bonds is 8. The molecule has 21 heavy (non-hydrogen) atoms. The lowest BCUT2D eigenvalue weighted by Gasteiger charge is -2.12. The van der Waals surface area contributed by atoms with E-state index in [1.54, 1.807) is 19.2 Å². The van der Waals surface area contributed by atoms with Gasteiger partial charge < -0.3 is 15.4 Å². The zero-order valence-electron chi connectivity index (χ0n) is 12.7. The molecule has 0 aromatic heterocycles. The van der Waals surface area contributed by atoms with Gasteiger partial charge in [-0.1, -0.05) is 18.2 Å². The molecule has 2 N–H and O–H groups in total. The van der Waals surface area contributed by atoms with Crippen molar-refractivity contribution in [1.82, 2.24) is 10.6 Å². The van der Waals surface area contributed by atoms with E-state index in [0.717, 1.165) is 32.6 Å². The Morgan fingerprint density at radius 2 is 2.00 bits per heavy atom. The van der Waals surface area contributed by atoms with Crippen LogP contribution in [-0.4, -0.2) is 32.8 Å². The highest BCUT2D eigenvalue weighted by molar-refractivity contribution is 14.0. The summed E-state index contributed by atoms with van der Waals surface area (Å²) >= 11 is 0. The van der Waals surface area contributed by atoms with Crippen LogP contribution in [0.25, 0.3) is 0 Å². The van der Waals surface area contributed by atoms with Gasteiger partial charge in [0, 0.05) is 38.9 Å². The largest absolute Gasteiger partial charge is 0.382 e. The number of aliphatic imine (C=N–C) groups is 1. The SMILES string of the molecule is CCOCCCCNC(=NC)NCc1ccccc1F.I. The molecular weight excluding hydrogens is 384 g/mol. The van der Waals surface area contributed by atoms with Gasteiger partial charge in [-0.25, -0.2) is 4.39 Å². The van der Waals surface area contributed by atoms with Gasteiger partial charge in [-0.05, 0) is 25.8 Å². The lowest BCUT2D eigenvalue weighted by molar-refractivity contribution is 0.143. The van der Waals surface area contributed by atoms with E-state index < -0.39 is 0 Å². The van der Waals surface area contributed by atoms with E-state index in [4.69, 9.17) is 4.74 Å². The van der Waals surface area contributed by atoms with Gasteiger partial charge in [0.15, 0.2) is 5.96 Å². The highest BCUT2D eigenvalue weighted by atomic mass is 127. The van der Waals surface area contributed by atoms with Gasteiger partial charge in [0.2, 0.25) is 0 Å². The summed E-state index contributed by atoms with van der Waals surface area (Å²) in [6.45, 7) is 4.79. The Hall–Kier alpha value is -0.890. The quantitative estimate of drug-likeness (QED) is 0.301. The topological polar surface area (TPSA) is 45.6 Å². The molecule has 6 heteroatoms. The van der Waals surface area contributed by atoms with Crippen molar-refractivity contribution in [3.8, 4) is 0 Å². The molecule has 0 atom stereocenters. The van der Waals surface area contributed by atoms with Crippen LogP contribution in [0.1, 0.15) is 25.3 Å². The minimum Gasteiger partial charge on any atom is -0.382 e. The summed E-state index contributed by atoms with van der Waals surface area (Å²) < 4.78 is 18.7. The third kappa shape index (κ3) is 8.87. The maximum atomic E-state index is 13.5. The zero-order valence-corrected chi connectivity index (χ0v) is 15.0. The van der Waals surface area contributed by atoms with Crippen molar-refractivity contribution in [1.29, 1.82) is 0 Å². The van der Waals surface area contributed by atoms with E-state index in [9.17, 15) is 4.39 Å². The number of unbranched alkanes of at least 4 members (excludes halogenated alkanes) is 1. The summed E-state index contributed by atoms with van der Waals surface area (Å²) in [5.74, 6) is 0.483. The van der Waals surface area contributed by atoms with Crippen LogP contribution in [0.4, 0.5) is 4.39 Å². The Morgan fingerprint density at radius 1 is 1.24 bits per heavy atom. The van der Waals surface area contributed by atoms with Gasteiger partial charge in [0.05, 0.1) is 0 Å². The maximum Gasteiger partial charge on any atom is 0.191 e. The van der Waals surface area contributed by atoms with E-state index in [-0.39, 0.29) is 29.8 Å². The van der Waals surface area contributed by atoms with Crippen LogP contribution < -0.4 is 10.6 Å². The van der Waals surface area contributed by atoms with E-state index in [1.165, 1.54) is 6.07 Å². The number of guanidine groups is 1. The second kappa shape index (κ2) is 12.8. The molecule has 0 saturated carbocycles. The third-order valence-corrected chi connectivity index (χ3v) is 2.84. The number of halogens is 2. The van der Waals surface area contributed by atoms with Gasteiger partial charge in [-0.2, -0.15) is 0 Å². The van der Waals surface area contributed by atoms with Crippen molar-refractivity contribution >= 4 is 29.9 Å². The molecule has 0 amide bonds. The van der Waals surface area contributed by atoms with Crippen molar-refractivity contribution in [3.05, 3.63) is 35.6 Å². The highest BCUT2D eigenvalue weighted by Crippen LogP contribution is 2.05. The first-order valence-corrected chi connectivity index (χ1v) is 7.03. The average Bonchev–Trinajstić information content (AvgIpc) is 2.47. The molecule has 120 valence electrons. The smallest absolute Gasteiger partial charge is 0.191 e. The van der Waals surface area contributed by atoms with Crippen LogP contribution in [0.2, 0.25) is 0 Å². The van der Waals surface area contributed by atoms with E-state index in [2.05, 4.69) is 15.6 Å². The second-order valence-electron chi connectivity index (χ2n) is 4.35. The van der Waals surface area contributed by atoms with Crippen molar-refractivity contribution in [2.75, 3.05) is 26.8 Å². The fraction of sp³-hybridized carbons (Fsp3) is 0.533. The maximum absolute atomic E-state index is 13.5. The zero-order chi connectivity index (χ0) is 14.6. The molecule has 0 saturated heterocycles. The fourth-order valence-electron chi connectivity index (χ4n) is 1.72. The Morgan fingerprint density at radius 3 is 2.67 bits per heavy atom. The molecule has 0 aliphatic heterocycles. The standard InChI is InChI=1S/C15H24FN3O.HI/c1-3-20-11-7-6-10-18-15(17-2)19-12-13-8-4-5-9-14(13)16;/h4-5,8-9H,3,6-7,10-12H2,1-2H3,(H2,17,18,19);1H. The van der Waals surface area contributed by atoms with Crippen LogP contribution in [0, 0.1) is 5.82 Å². The molecule has 0 bridgehead atoms. The molecule has 4 nitrogen and oxygen atoms in total. The summed E-state index contributed by atoms with van der Waals surface area (Å²) in [4.78, 5) is 4.11. The van der Waals surface area contributed by atoms with Crippen molar-refractivity contribution < 1.29 is 9.13 Å². The molecular formula is C15H25FIN3O. The van der Waals surface area contributed by atoms with Gasteiger partial charge in [-0.3, -0.25) is 4.99 Å². The van der Waals surface area contributed by atoms with Crippen LogP contribution in [0.15, 0.2) is 29.3 Å². The van der Waals surface area contributed by atoms with Crippen molar-refractivity contribution in [3.63, 3.8) is 0 Å². The summed E-state index contributed by atoms with van der Waals surface area (Å²) in [7, 11) is 1.71. The molecule has 0 spiro atoms. The number of nitrogens with zero attached hydrogens (tertiary/aromatic N) is 1. The number of nitrogens with one attached hydrogen (secondary N) is 2. The first kappa shape index (κ1) is 20.1. The van der Waals surface area contributed by atoms with Gasteiger partial charge in [0.25, 0.3) is 0 Å². The van der Waals surface area contributed by atoms with Crippen molar-refractivity contribution in [2.24, 2.45) is 4.99 Å². The van der Waals surface area contributed by atoms with Crippen LogP contribution >= 0.6 is 24.0 Å². The van der Waals surface area contributed by atoms with E-state index >= 15 is 0 Å². The van der Waals surface area contributed by atoms with E-state index in [0.29, 0.717) is 18.1 Å². The first-order valence-electron chi connectivity index (χ1n) is 7.03. The molecule has 0 aliphatic rings. The molecule has 1 aromatic carbocycles. The predicted octanol–water partition coefficient (Wildman–Crippen LogP) is 2.93. The Labute approximate surface area is 143 Å². The normalized spacial score (nSPS) is 10.9. The van der Waals surface area contributed by atoms with Crippen LogP contribution in [0.3, 0.4) is 0 Å². The summed E-state index contributed by atoms with van der Waals surface area (Å²) in [6.07, 6.45) is 2.03. The molecule has 1 aromatic rings. The summed E-state index contributed by atoms with van der Waals surface area (Å²) in [5, 5.41) is 6.29. The number of hydrogen-bond acceptors (Lipinski definition) is 2. The summed E-state index contributed by atoms with van der Waals surface area (Å²) in [5.41, 5.74) is 0.631. The Balaban J connectivity index is 0.00000400.